The Morgan fingerprint density at radius 2 is 1.88 bits per heavy atom. The van der Waals surface area contributed by atoms with Gasteiger partial charge in [0, 0.05) is 10.0 Å². The van der Waals surface area contributed by atoms with E-state index in [0.717, 1.165) is 4.47 Å². The van der Waals surface area contributed by atoms with Gasteiger partial charge in [-0.3, -0.25) is 4.79 Å². The van der Waals surface area contributed by atoms with Crippen molar-refractivity contribution in [2.45, 2.75) is 0 Å². The van der Waals surface area contributed by atoms with E-state index in [9.17, 15) is 14.7 Å². The van der Waals surface area contributed by atoms with Gasteiger partial charge < -0.3 is 9.84 Å². The average Bonchev–Trinajstić information content (AvgIpc) is 2.60. The highest BCUT2D eigenvalue weighted by molar-refractivity contribution is 9.10. The van der Waals surface area contributed by atoms with Gasteiger partial charge in [-0.25, -0.2) is 4.79 Å². The Morgan fingerprint density at radius 1 is 1.25 bits per heavy atom. The number of benzene rings is 1. The van der Waals surface area contributed by atoms with Crippen molar-refractivity contribution in [3.63, 3.8) is 0 Å². The second-order valence-corrected chi connectivity index (χ2v) is 4.15. The zero-order chi connectivity index (χ0) is 11.7. The van der Waals surface area contributed by atoms with Gasteiger partial charge in [0.25, 0.3) is 5.78 Å². The van der Waals surface area contributed by atoms with Crippen LogP contribution >= 0.6 is 15.9 Å². The molecule has 4 nitrogen and oxygen atoms in total. The van der Waals surface area contributed by atoms with Crippen LogP contribution in [0.3, 0.4) is 0 Å². The van der Waals surface area contributed by atoms with Gasteiger partial charge >= 0.3 is 5.97 Å². The first-order valence-electron chi connectivity index (χ1n) is 4.49. The van der Waals surface area contributed by atoms with Crippen molar-refractivity contribution < 1.29 is 19.4 Å². The predicted molar refractivity (Wildman–Crippen MR) is 59.7 cm³/mol. The first-order valence-corrected chi connectivity index (χ1v) is 5.28. The third-order valence-electron chi connectivity index (χ3n) is 2.21. The number of rotatable bonds is 1. The van der Waals surface area contributed by atoms with Crippen molar-refractivity contribution in [2.75, 3.05) is 6.61 Å². The molecule has 0 atom stereocenters. The lowest BCUT2D eigenvalue weighted by molar-refractivity contribution is -0.146. The zero-order valence-corrected chi connectivity index (χ0v) is 9.65. The van der Waals surface area contributed by atoms with Gasteiger partial charge in [0.05, 0.1) is 5.57 Å². The smallest absolute Gasteiger partial charge is 0.379 e. The highest BCUT2D eigenvalue weighted by Gasteiger charge is 2.32. The van der Waals surface area contributed by atoms with E-state index < -0.39 is 11.8 Å². The third-order valence-corrected chi connectivity index (χ3v) is 2.74. The molecule has 5 heteroatoms. The van der Waals surface area contributed by atoms with Crippen molar-refractivity contribution >= 4 is 33.4 Å². The van der Waals surface area contributed by atoms with Crippen LogP contribution in [-0.4, -0.2) is 23.5 Å². The summed E-state index contributed by atoms with van der Waals surface area (Å²) in [5, 5.41) is 9.81. The van der Waals surface area contributed by atoms with Crippen LogP contribution in [0.4, 0.5) is 0 Å². The van der Waals surface area contributed by atoms with Gasteiger partial charge in [-0.2, -0.15) is 0 Å². The van der Waals surface area contributed by atoms with E-state index in [1.165, 1.54) is 0 Å². The number of hydrogen-bond acceptors (Lipinski definition) is 4. The number of Topliss-reactive ketones (excluding diaryl/α,β-unsaturated/α-hetero) is 1. The monoisotopic (exact) mass is 282 g/mol. The molecule has 1 heterocycles. The molecule has 0 spiro atoms. The van der Waals surface area contributed by atoms with Crippen molar-refractivity contribution in [1.82, 2.24) is 0 Å². The molecule has 1 N–H and O–H groups in total. The van der Waals surface area contributed by atoms with Crippen LogP contribution in [0, 0.1) is 0 Å². The molecule has 1 fully saturated rings. The number of esters is 1. The SMILES string of the molecule is O=C1OC/C(=C(/O)c2ccc(Br)cc2)C1=O. The molecule has 1 saturated heterocycles. The lowest BCUT2D eigenvalue weighted by atomic mass is 10.1. The molecule has 82 valence electrons. The number of ether oxygens (including phenoxy) is 1. The van der Waals surface area contributed by atoms with Crippen LogP contribution < -0.4 is 0 Å². The molecule has 0 aliphatic carbocycles. The van der Waals surface area contributed by atoms with E-state index in [-0.39, 0.29) is 17.9 Å². The minimum atomic E-state index is -0.918. The van der Waals surface area contributed by atoms with Crippen LogP contribution in [0.15, 0.2) is 34.3 Å². The number of aliphatic hydroxyl groups excluding tert-OH is 1. The summed E-state index contributed by atoms with van der Waals surface area (Å²) >= 11 is 3.26. The number of carbonyl (C=O) groups is 2. The molecule has 0 aromatic heterocycles. The van der Waals surface area contributed by atoms with Crippen LogP contribution in [0.1, 0.15) is 5.56 Å². The van der Waals surface area contributed by atoms with Gasteiger partial charge in [-0.15, -0.1) is 0 Å². The molecular weight excluding hydrogens is 276 g/mol. The third kappa shape index (κ3) is 1.86. The summed E-state index contributed by atoms with van der Waals surface area (Å²) < 4.78 is 5.39. The van der Waals surface area contributed by atoms with Crippen LogP contribution in [0.5, 0.6) is 0 Å². The molecule has 0 unspecified atom stereocenters. The fourth-order valence-corrected chi connectivity index (χ4v) is 1.61. The molecular formula is C11H7BrO4. The molecule has 0 bridgehead atoms. The lowest BCUT2D eigenvalue weighted by Gasteiger charge is -2.02. The van der Waals surface area contributed by atoms with Crippen molar-refractivity contribution in [1.29, 1.82) is 0 Å². The number of halogens is 1. The van der Waals surface area contributed by atoms with E-state index in [1.54, 1.807) is 24.3 Å². The maximum absolute atomic E-state index is 11.3. The predicted octanol–water partition coefficient (Wildman–Crippen LogP) is 1.84. The number of cyclic esters (lactones) is 1. The average molecular weight is 283 g/mol. The summed E-state index contributed by atoms with van der Waals surface area (Å²) in [7, 11) is 0. The van der Waals surface area contributed by atoms with Gasteiger partial charge in [-0.05, 0) is 12.1 Å². The van der Waals surface area contributed by atoms with Crippen LogP contribution in [-0.2, 0) is 14.3 Å². The summed E-state index contributed by atoms with van der Waals surface area (Å²) in [5.41, 5.74) is 0.483. The molecule has 1 aromatic carbocycles. The molecule has 1 aliphatic heterocycles. The number of aliphatic hydroxyl groups is 1. The van der Waals surface area contributed by atoms with Gasteiger partial charge in [-0.1, -0.05) is 28.1 Å². The van der Waals surface area contributed by atoms with E-state index in [1.807, 2.05) is 0 Å². The quantitative estimate of drug-likeness (QED) is 0.370. The Kier molecular flexibility index (Phi) is 2.78. The molecule has 2 rings (SSSR count). The Hall–Kier alpha value is -1.62. The first-order chi connectivity index (χ1) is 7.59. The Labute approximate surface area is 99.7 Å². The van der Waals surface area contributed by atoms with Crippen molar-refractivity contribution in [3.8, 4) is 0 Å². The summed E-state index contributed by atoms with van der Waals surface area (Å²) in [6.07, 6.45) is 0. The second-order valence-electron chi connectivity index (χ2n) is 3.24. The summed E-state index contributed by atoms with van der Waals surface area (Å²) in [6, 6.07) is 6.74. The minimum Gasteiger partial charge on any atom is -0.507 e. The number of carbonyl (C=O) groups excluding carboxylic acids is 2. The highest BCUT2D eigenvalue weighted by atomic mass is 79.9. The normalized spacial score (nSPS) is 18.6. The molecule has 1 aromatic rings. The largest absolute Gasteiger partial charge is 0.507 e. The van der Waals surface area contributed by atoms with Crippen LogP contribution in [0.2, 0.25) is 0 Å². The summed E-state index contributed by atoms with van der Waals surface area (Å²) in [4.78, 5) is 22.1. The summed E-state index contributed by atoms with van der Waals surface area (Å²) in [5.74, 6) is -1.90. The second kappa shape index (κ2) is 4.09. The first kappa shape index (κ1) is 10.9. The van der Waals surface area contributed by atoms with Crippen LogP contribution in [0.25, 0.3) is 5.76 Å². The Bertz CT molecular complexity index is 487. The lowest BCUT2D eigenvalue weighted by Crippen LogP contribution is -2.07. The number of ketones is 1. The zero-order valence-electron chi connectivity index (χ0n) is 8.07. The maximum atomic E-state index is 11.3. The van der Waals surface area contributed by atoms with E-state index >= 15 is 0 Å². The van der Waals surface area contributed by atoms with E-state index in [0.29, 0.717) is 5.56 Å². The molecule has 0 radical (unpaired) electrons. The van der Waals surface area contributed by atoms with Gasteiger partial charge in [0.1, 0.15) is 12.4 Å². The maximum Gasteiger partial charge on any atom is 0.379 e. The van der Waals surface area contributed by atoms with E-state index in [4.69, 9.17) is 0 Å². The topological polar surface area (TPSA) is 63.6 Å². The minimum absolute atomic E-state index is 0.00678. The van der Waals surface area contributed by atoms with Crippen molar-refractivity contribution in [3.05, 3.63) is 39.9 Å². The summed E-state index contributed by atoms with van der Waals surface area (Å²) in [6.45, 7) is -0.167. The van der Waals surface area contributed by atoms with Gasteiger partial charge in [0.2, 0.25) is 0 Å². The fourth-order valence-electron chi connectivity index (χ4n) is 1.35. The van der Waals surface area contributed by atoms with E-state index in [2.05, 4.69) is 20.7 Å². The molecule has 16 heavy (non-hydrogen) atoms. The molecule has 0 saturated carbocycles. The Morgan fingerprint density at radius 3 is 2.38 bits per heavy atom. The number of hydrogen-bond donors (Lipinski definition) is 1. The Balaban J connectivity index is 2.41. The molecule has 1 aliphatic rings. The molecule has 0 amide bonds. The van der Waals surface area contributed by atoms with Gasteiger partial charge in [0.15, 0.2) is 0 Å². The highest BCUT2D eigenvalue weighted by Crippen LogP contribution is 2.22. The fraction of sp³-hybridized carbons (Fsp3) is 0.0909. The standard InChI is InChI=1S/C11H7BrO4/c12-7-3-1-6(2-4-7)9(13)8-5-16-11(15)10(8)14/h1-4,13H,5H2/b9-8-. The van der Waals surface area contributed by atoms with Crippen molar-refractivity contribution in [2.24, 2.45) is 0 Å².